The zero-order valence-electron chi connectivity index (χ0n) is 11.8. The van der Waals surface area contributed by atoms with Crippen LogP contribution in [0.1, 0.15) is 42.7 Å². The second kappa shape index (κ2) is 4.59. The summed E-state index contributed by atoms with van der Waals surface area (Å²) in [4.78, 5) is 14.8. The Bertz CT molecular complexity index is 526. The minimum atomic E-state index is 0.0996. The van der Waals surface area contributed by atoms with Gasteiger partial charge in [0.1, 0.15) is 0 Å². The second-order valence-electron chi connectivity index (χ2n) is 6.40. The van der Waals surface area contributed by atoms with Gasteiger partial charge in [-0.05, 0) is 43.2 Å². The van der Waals surface area contributed by atoms with Crippen molar-refractivity contribution in [3.63, 3.8) is 0 Å². The highest BCUT2D eigenvalue weighted by atomic mass is 16.5. The Morgan fingerprint density at radius 1 is 1.20 bits per heavy atom. The average Bonchev–Trinajstić information content (AvgIpc) is 2.89. The lowest BCUT2D eigenvalue weighted by atomic mass is 9.84. The summed E-state index contributed by atoms with van der Waals surface area (Å²) in [5.41, 5.74) is 2.75. The van der Waals surface area contributed by atoms with E-state index in [2.05, 4.69) is 29.2 Å². The fraction of sp³-hybridized carbons (Fsp3) is 0.588. The first-order chi connectivity index (χ1) is 9.77. The number of amides is 1. The van der Waals surface area contributed by atoms with Crippen molar-refractivity contribution in [3.8, 4) is 0 Å². The van der Waals surface area contributed by atoms with Crippen molar-refractivity contribution in [2.24, 2.45) is 0 Å². The van der Waals surface area contributed by atoms with Gasteiger partial charge in [-0.3, -0.25) is 4.79 Å². The van der Waals surface area contributed by atoms with Crippen molar-refractivity contribution in [3.05, 3.63) is 35.4 Å². The molecule has 0 aromatic heterocycles. The molecule has 0 unspecified atom stereocenters. The molecular formula is C17H21NO2. The third-order valence-corrected chi connectivity index (χ3v) is 5.38. The Labute approximate surface area is 119 Å². The van der Waals surface area contributed by atoms with Gasteiger partial charge in [-0.2, -0.15) is 0 Å². The number of carbonyl (C=O) groups is 1. The predicted octanol–water partition coefficient (Wildman–Crippen LogP) is 2.50. The van der Waals surface area contributed by atoms with Gasteiger partial charge in [-0.25, -0.2) is 0 Å². The minimum Gasteiger partial charge on any atom is -0.375 e. The molecule has 2 saturated heterocycles. The van der Waals surface area contributed by atoms with Crippen LogP contribution >= 0.6 is 0 Å². The number of ether oxygens (including phenoxy) is 1. The van der Waals surface area contributed by atoms with Gasteiger partial charge in [0.05, 0.1) is 18.1 Å². The molecule has 1 spiro atoms. The quantitative estimate of drug-likeness (QED) is 0.785. The molecule has 1 aromatic rings. The van der Waals surface area contributed by atoms with E-state index in [-0.39, 0.29) is 11.5 Å². The molecule has 0 radical (unpaired) electrons. The van der Waals surface area contributed by atoms with Crippen LogP contribution in [0.25, 0.3) is 0 Å². The minimum absolute atomic E-state index is 0.0996. The monoisotopic (exact) mass is 271 g/mol. The van der Waals surface area contributed by atoms with Gasteiger partial charge in [-0.1, -0.05) is 24.3 Å². The molecule has 1 atom stereocenters. The highest BCUT2D eigenvalue weighted by Gasteiger charge is 2.43. The first kappa shape index (κ1) is 12.4. The van der Waals surface area contributed by atoms with Crippen molar-refractivity contribution in [1.82, 2.24) is 4.90 Å². The largest absolute Gasteiger partial charge is 0.375 e. The Hall–Kier alpha value is -1.35. The maximum absolute atomic E-state index is 12.8. The second-order valence-corrected chi connectivity index (χ2v) is 6.40. The number of hydrogen-bond donors (Lipinski definition) is 0. The number of likely N-dealkylation sites (tertiary alicyclic amines) is 1. The smallest absolute Gasteiger partial charge is 0.230 e. The van der Waals surface area contributed by atoms with Crippen LogP contribution in [0.3, 0.4) is 0 Å². The molecule has 3 heteroatoms. The lowest BCUT2D eigenvalue weighted by Gasteiger charge is -2.48. The first-order valence-corrected chi connectivity index (χ1v) is 7.78. The van der Waals surface area contributed by atoms with Crippen molar-refractivity contribution >= 4 is 5.91 Å². The molecule has 2 aliphatic heterocycles. The molecule has 106 valence electrons. The maximum atomic E-state index is 12.8. The summed E-state index contributed by atoms with van der Waals surface area (Å²) in [6.45, 7) is 2.65. The van der Waals surface area contributed by atoms with Crippen molar-refractivity contribution < 1.29 is 9.53 Å². The third kappa shape index (κ3) is 1.87. The van der Waals surface area contributed by atoms with E-state index >= 15 is 0 Å². The lowest BCUT2D eigenvalue weighted by molar-refractivity contribution is -0.176. The molecule has 0 N–H and O–H groups in total. The molecule has 2 fully saturated rings. The molecule has 20 heavy (non-hydrogen) atoms. The van der Waals surface area contributed by atoms with Crippen LogP contribution in [0.15, 0.2) is 24.3 Å². The van der Waals surface area contributed by atoms with Crippen molar-refractivity contribution in [1.29, 1.82) is 0 Å². The Kier molecular flexibility index (Phi) is 2.84. The fourth-order valence-corrected chi connectivity index (χ4v) is 3.95. The van der Waals surface area contributed by atoms with Gasteiger partial charge in [0.15, 0.2) is 0 Å². The van der Waals surface area contributed by atoms with Crippen LogP contribution in [-0.4, -0.2) is 36.1 Å². The Balaban J connectivity index is 1.46. The van der Waals surface area contributed by atoms with Crippen molar-refractivity contribution in [2.45, 2.75) is 43.6 Å². The van der Waals surface area contributed by atoms with Crippen LogP contribution in [-0.2, 0) is 16.0 Å². The molecular weight excluding hydrogens is 250 g/mol. The van der Waals surface area contributed by atoms with Crippen LogP contribution in [0.2, 0.25) is 0 Å². The van der Waals surface area contributed by atoms with E-state index in [1.165, 1.54) is 17.5 Å². The summed E-state index contributed by atoms with van der Waals surface area (Å²) in [7, 11) is 0. The van der Waals surface area contributed by atoms with Gasteiger partial charge < -0.3 is 9.64 Å². The molecule has 0 bridgehead atoms. The summed E-state index contributed by atoms with van der Waals surface area (Å²) in [5, 5.41) is 0. The molecule has 3 nitrogen and oxygen atoms in total. The Morgan fingerprint density at radius 3 is 2.65 bits per heavy atom. The highest BCUT2D eigenvalue weighted by molar-refractivity contribution is 5.85. The number of rotatable bonds is 1. The van der Waals surface area contributed by atoms with Gasteiger partial charge in [0.25, 0.3) is 0 Å². The Morgan fingerprint density at radius 2 is 1.95 bits per heavy atom. The summed E-state index contributed by atoms with van der Waals surface area (Å²) in [5.74, 6) is 0.437. The standard InChI is InChI=1S/C17H21NO2/c19-16(15-6-5-13-3-1-2-4-14(13)15)18-10-7-17(8-11-18)9-12-20-17/h1-4,15H,5-12H2/t15-/m0/s1. The van der Waals surface area contributed by atoms with E-state index in [4.69, 9.17) is 4.74 Å². The van der Waals surface area contributed by atoms with Crippen LogP contribution in [0.4, 0.5) is 0 Å². The van der Waals surface area contributed by atoms with Gasteiger partial charge >= 0.3 is 0 Å². The number of hydrogen-bond acceptors (Lipinski definition) is 2. The van der Waals surface area contributed by atoms with Crippen molar-refractivity contribution in [2.75, 3.05) is 19.7 Å². The number of piperidine rings is 1. The van der Waals surface area contributed by atoms with E-state index in [1.54, 1.807) is 0 Å². The number of carbonyl (C=O) groups excluding carboxylic acids is 1. The average molecular weight is 271 g/mol. The molecule has 1 amide bonds. The highest BCUT2D eigenvalue weighted by Crippen LogP contribution is 2.39. The molecule has 0 saturated carbocycles. The molecule has 4 rings (SSSR count). The summed E-state index contributed by atoms with van der Waals surface area (Å²) in [6.07, 6.45) is 5.26. The summed E-state index contributed by atoms with van der Waals surface area (Å²) >= 11 is 0. The summed E-state index contributed by atoms with van der Waals surface area (Å²) in [6, 6.07) is 8.42. The lowest BCUT2D eigenvalue weighted by Crippen LogP contribution is -2.54. The SMILES string of the molecule is O=C([C@H]1CCc2ccccc21)N1CCC2(CCO2)CC1. The third-order valence-electron chi connectivity index (χ3n) is 5.38. The van der Waals surface area contributed by atoms with E-state index in [9.17, 15) is 4.79 Å². The van der Waals surface area contributed by atoms with Crippen LogP contribution < -0.4 is 0 Å². The van der Waals surface area contributed by atoms with E-state index in [1.807, 2.05) is 0 Å². The topological polar surface area (TPSA) is 29.5 Å². The van der Waals surface area contributed by atoms with Gasteiger partial charge in [0, 0.05) is 13.1 Å². The number of aryl methyl sites for hydroxylation is 1. The predicted molar refractivity (Wildman–Crippen MR) is 76.6 cm³/mol. The maximum Gasteiger partial charge on any atom is 0.230 e. The zero-order valence-corrected chi connectivity index (χ0v) is 11.8. The van der Waals surface area contributed by atoms with Gasteiger partial charge in [-0.15, -0.1) is 0 Å². The number of nitrogens with zero attached hydrogens (tertiary/aromatic N) is 1. The number of benzene rings is 1. The fourth-order valence-electron chi connectivity index (χ4n) is 3.95. The van der Waals surface area contributed by atoms with E-state index in [0.29, 0.717) is 5.91 Å². The van der Waals surface area contributed by atoms with Gasteiger partial charge in [0.2, 0.25) is 5.91 Å². The normalized spacial score (nSPS) is 27.2. The molecule has 2 heterocycles. The molecule has 1 aliphatic carbocycles. The van der Waals surface area contributed by atoms with E-state index in [0.717, 1.165) is 45.4 Å². The summed E-state index contributed by atoms with van der Waals surface area (Å²) < 4.78 is 5.73. The van der Waals surface area contributed by atoms with E-state index < -0.39 is 0 Å². The number of fused-ring (bicyclic) bond motifs is 1. The first-order valence-electron chi connectivity index (χ1n) is 7.78. The molecule has 3 aliphatic rings. The zero-order chi connectivity index (χ0) is 13.6. The van der Waals surface area contributed by atoms with Crippen LogP contribution in [0, 0.1) is 0 Å². The molecule has 1 aromatic carbocycles. The van der Waals surface area contributed by atoms with Crippen LogP contribution in [0.5, 0.6) is 0 Å².